The zero-order valence-corrected chi connectivity index (χ0v) is 13.9. The molecule has 0 radical (unpaired) electrons. The number of halogens is 1. The molecule has 1 aromatic carbocycles. The van der Waals surface area contributed by atoms with Gasteiger partial charge in [-0.2, -0.15) is 0 Å². The van der Waals surface area contributed by atoms with E-state index >= 15 is 0 Å². The van der Waals surface area contributed by atoms with Crippen LogP contribution in [0.25, 0.3) is 0 Å². The third-order valence-electron chi connectivity index (χ3n) is 3.46. The van der Waals surface area contributed by atoms with Gasteiger partial charge in [0.05, 0.1) is 13.1 Å². The zero-order chi connectivity index (χ0) is 16.3. The molecule has 0 unspecified atom stereocenters. The van der Waals surface area contributed by atoms with Crippen molar-refractivity contribution in [2.75, 3.05) is 13.1 Å². The second-order valence-corrected chi connectivity index (χ2v) is 5.88. The van der Waals surface area contributed by atoms with Crippen molar-refractivity contribution in [2.45, 2.75) is 25.9 Å². The number of nitrogens with one attached hydrogen (secondary N) is 2. The number of amides is 4. The third kappa shape index (κ3) is 4.67. The van der Waals surface area contributed by atoms with Gasteiger partial charge in [0.1, 0.15) is 0 Å². The van der Waals surface area contributed by atoms with E-state index < -0.39 is 11.6 Å². The molecule has 1 aliphatic heterocycles. The van der Waals surface area contributed by atoms with E-state index in [0.717, 1.165) is 10.5 Å². The van der Waals surface area contributed by atoms with Crippen LogP contribution >= 0.6 is 12.4 Å². The van der Waals surface area contributed by atoms with Gasteiger partial charge in [-0.05, 0) is 31.5 Å². The lowest BCUT2D eigenvalue weighted by Gasteiger charge is -2.24. The van der Waals surface area contributed by atoms with Crippen molar-refractivity contribution in [3.63, 3.8) is 0 Å². The summed E-state index contributed by atoms with van der Waals surface area (Å²) in [5, 5.41) is 5.30. The molecule has 1 aromatic rings. The second-order valence-electron chi connectivity index (χ2n) is 5.88. The number of hydrogen-bond acceptors (Lipinski definition) is 4. The lowest BCUT2D eigenvalue weighted by atomic mass is 10.0. The van der Waals surface area contributed by atoms with Crippen LogP contribution in [0.4, 0.5) is 4.79 Å². The standard InChI is InChI=1S/C15H20N4O3.ClH/c1-15(2,9-16)18-13(21)11-5-3-10(4-6-11)8-19-12(20)7-17-14(19)22;/h3-6H,7-9,16H2,1-2H3,(H,17,22)(H,18,21);1H. The molecule has 8 heteroatoms. The highest BCUT2D eigenvalue weighted by Gasteiger charge is 2.28. The van der Waals surface area contributed by atoms with Crippen LogP contribution < -0.4 is 16.4 Å². The van der Waals surface area contributed by atoms with Gasteiger partial charge in [-0.15, -0.1) is 12.4 Å². The van der Waals surface area contributed by atoms with Crippen molar-refractivity contribution in [2.24, 2.45) is 5.73 Å². The molecule has 7 nitrogen and oxygen atoms in total. The molecule has 0 atom stereocenters. The predicted octanol–water partition coefficient (Wildman–Crippen LogP) is 0.627. The molecule has 0 aromatic heterocycles. The lowest BCUT2D eigenvalue weighted by molar-refractivity contribution is -0.125. The second kappa shape index (κ2) is 7.43. The van der Waals surface area contributed by atoms with Gasteiger partial charge >= 0.3 is 6.03 Å². The number of nitrogens with zero attached hydrogens (tertiary/aromatic N) is 1. The van der Waals surface area contributed by atoms with E-state index in [1.165, 1.54) is 0 Å². The van der Waals surface area contributed by atoms with Crippen LogP contribution in [0.2, 0.25) is 0 Å². The molecule has 1 heterocycles. The number of hydrogen-bond donors (Lipinski definition) is 3. The number of urea groups is 1. The highest BCUT2D eigenvalue weighted by atomic mass is 35.5. The van der Waals surface area contributed by atoms with E-state index in [-0.39, 0.29) is 37.3 Å². The highest BCUT2D eigenvalue weighted by Crippen LogP contribution is 2.11. The number of rotatable bonds is 5. The quantitative estimate of drug-likeness (QED) is 0.684. The summed E-state index contributed by atoms with van der Waals surface area (Å²) in [6.07, 6.45) is 0. The summed E-state index contributed by atoms with van der Waals surface area (Å²) in [6.45, 7) is 4.26. The number of nitrogens with two attached hydrogens (primary N) is 1. The van der Waals surface area contributed by atoms with Gasteiger partial charge in [-0.1, -0.05) is 12.1 Å². The Morgan fingerprint density at radius 1 is 1.30 bits per heavy atom. The number of carbonyl (C=O) groups excluding carboxylic acids is 3. The van der Waals surface area contributed by atoms with Gasteiger partial charge in [0.15, 0.2) is 0 Å². The van der Waals surface area contributed by atoms with Crippen LogP contribution in [0.15, 0.2) is 24.3 Å². The van der Waals surface area contributed by atoms with Crippen LogP contribution in [0, 0.1) is 0 Å². The van der Waals surface area contributed by atoms with Gasteiger partial charge in [0, 0.05) is 17.6 Å². The van der Waals surface area contributed by atoms with E-state index in [0.29, 0.717) is 12.1 Å². The monoisotopic (exact) mass is 340 g/mol. The molecule has 0 bridgehead atoms. The first kappa shape index (κ1) is 18.9. The Balaban J connectivity index is 0.00000264. The van der Waals surface area contributed by atoms with Crippen LogP contribution in [-0.2, 0) is 11.3 Å². The van der Waals surface area contributed by atoms with Crippen LogP contribution in [0.1, 0.15) is 29.8 Å². The van der Waals surface area contributed by atoms with Crippen molar-refractivity contribution in [3.05, 3.63) is 35.4 Å². The summed E-state index contributed by atoms with van der Waals surface area (Å²) in [4.78, 5) is 36.2. The molecule has 4 amide bonds. The third-order valence-corrected chi connectivity index (χ3v) is 3.46. The minimum absolute atomic E-state index is 0. The summed E-state index contributed by atoms with van der Waals surface area (Å²) >= 11 is 0. The van der Waals surface area contributed by atoms with E-state index in [2.05, 4.69) is 10.6 Å². The Labute approximate surface area is 141 Å². The molecular weight excluding hydrogens is 320 g/mol. The smallest absolute Gasteiger partial charge is 0.324 e. The maximum atomic E-state index is 12.1. The Morgan fingerprint density at radius 2 is 1.91 bits per heavy atom. The SMILES string of the molecule is CC(C)(CN)NC(=O)c1ccc(CN2C(=O)CNC2=O)cc1.Cl. The molecule has 1 aliphatic rings. The topological polar surface area (TPSA) is 105 Å². The number of carbonyl (C=O) groups is 3. The molecule has 1 fully saturated rings. The average molecular weight is 341 g/mol. The van der Waals surface area contributed by atoms with E-state index in [4.69, 9.17) is 5.73 Å². The van der Waals surface area contributed by atoms with E-state index in [9.17, 15) is 14.4 Å². The van der Waals surface area contributed by atoms with Crippen molar-refractivity contribution >= 4 is 30.3 Å². The molecular formula is C15H21ClN4O3. The molecule has 1 saturated heterocycles. The Morgan fingerprint density at radius 3 is 2.39 bits per heavy atom. The largest absolute Gasteiger partial charge is 0.346 e. The first-order valence-corrected chi connectivity index (χ1v) is 7.02. The average Bonchev–Trinajstić information content (AvgIpc) is 2.79. The fourth-order valence-corrected chi connectivity index (χ4v) is 1.99. The Bertz CT molecular complexity index is 585. The normalized spacial score (nSPS) is 14.3. The van der Waals surface area contributed by atoms with Gasteiger partial charge in [-0.3, -0.25) is 14.5 Å². The first-order valence-electron chi connectivity index (χ1n) is 7.02. The van der Waals surface area contributed by atoms with Crippen molar-refractivity contribution < 1.29 is 14.4 Å². The summed E-state index contributed by atoms with van der Waals surface area (Å²) in [5.74, 6) is -0.464. The summed E-state index contributed by atoms with van der Waals surface area (Å²) in [6, 6.07) is 6.38. The van der Waals surface area contributed by atoms with E-state index in [1.807, 2.05) is 13.8 Å². The minimum Gasteiger partial charge on any atom is -0.346 e. The van der Waals surface area contributed by atoms with Gasteiger partial charge in [-0.25, -0.2) is 4.79 Å². The lowest BCUT2D eigenvalue weighted by Crippen LogP contribution is -2.48. The zero-order valence-electron chi connectivity index (χ0n) is 13.1. The number of benzene rings is 1. The molecule has 0 saturated carbocycles. The van der Waals surface area contributed by atoms with Crippen LogP contribution in [-0.4, -0.2) is 41.4 Å². The van der Waals surface area contributed by atoms with Crippen molar-refractivity contribution in [3.8, 4) is 0 Å². The molecule has 126 valence electrons. The maximum Gasteiger partial charge on any atom is 0.324 e. The minimum atomic E-state index is -0.476. The maximum absolute atomic E-state index is 12.1. The summed E-state index contributed by atoms with van der Waals surface area (Å²) < 4.78 is 0. The Kier molecular flexibility index (Phi) is 6.12. The van der Waals surface area contributed by atoms with Gasteiger partial charge in [0.2, 0.25) is 5.91 Å². The molecule has 23 heavy (non-hydrogen) atoms. The first-order chi connectivity index (χ1) is 10.3. The molecule has 0 aliphatic carbocycles. The number of imide groups is 1. The van der Waals surface area contributed by atoms with Gasteiger partial charge in [0.25, 0.3) is 5.91 Å². The van der Waals surface area contributed by atoms with Crippen molar-refractivity contribution in [1.82, 2.24) is 15.5 Å². The van der Waals surface area contributed by atoms with Gasteiger partial charge < -0.3 is 16.4 Å². The van der Waals surface area contributed by atoms with Crippen molar-refractivity contribution in [1.29, 1.82) is 0 Å². The fraction of sp³-hybridized carbons (Fsp3) is 0.400. The molecule has 4 N–H and O–H groups in total. The summed E-state index contributed by atoms with van der Waals surface area (Å²) in [5.41, 5.74) is 6.39. The molecule has 2 rings (SSSR count). The molecule has 0 spiro atoms. The van der Waals surface area contributed by atoms with Crippen LogP contribution in [0.3, 0.4) is 0 Å². The fourth-order valence-electron chi connectivity index (χ4n) is 1.99. The Hall–Kier alpha value is -2.12. The van der Waals surface area contributed by atoms with E-state index in [1.54, 1.807) is 24.3 Å². The predicted molar refractivity (Wildman–Crippen MR) is 88.2 cm³/mol. The van der Waals surface area contributed by atoms with Crippen LogP contribution in [0.5, 0.6) is 0 Å². The summed E-state index contributed by atoms with van der Waals surface area (Å²) in [7, 11) is 0. The highest BCUT2D eigenvalue weighted by molar-refractivity contribution is 6.01.